The van der Waals surface area contributed by atoms with Crippen LogP contribution in [-0.2, 0) is 4.74 Å². The van der Waals surface area contributed by atoms with E-state index in [1.165, 1.54) is 0 Å². The number of morpholine rings is 1. The normalized spacial score (nSPS) is 17.2. The molecule has 1 aromatic heterocycles. The van der Waals surface area contributed by atoms with Crippen molar-refractivity contribution in [3.05, 3.63) is 46.5 Å². The van der Waals surface area contributed by atoms with Crippen LogP contribution in [0.25, 0.3) is 0 Å². The van der Waals surface area contributed by atoms with Gasteiger partial charge in [-0.1, -0.05) is 18.5 Å². The van der Waals surface area contributed by atoms with Crippen LogP contribution in [0.15, 0.2) is 30.3 Å². The van der Waals surface area contributed by atoms with Crippen LogP contribution < -0.4 is 10.2 Å². The third-order valence-electron chi connectivity index (χ3n) is 4.50. The van der Waals surface area contributed by atoms with Crippen LogP contribution in [0.2, 0.25) is 5.02 Å². The molecule has 0 spiro atoms. The van der Waals surface area contributed by atoms with Crippen LogP contribution in [0.5, 0.6) is 0 Å². The van der Waals surface area contributed by atoms with Gasteiger partial charge in [-0.05, 0) is 49.2 Å². The summed E-state index contributed by atoms with van der Waals surface area (Å²) < 4.78 is 5.56. The Kier molecular flexibility index (Phi) is 5.64. The maximum atomic E-state index is 11.1. The number of hydrogen-bond acceptors (Lipinski definition) is 5. The molecule has 1 saturated heterocycles. The van der Waals surface area contributed by atoms with Gasteiger partial charge >= 0.3 is 5.97 Å². The average Bonchev–Trinajstić information content (AvgIpc) is 2.61. The number of benzene rings is 1. The molecule has 2 aromatic rings. The highest BCUT2D eigenvalue weighted by atomic mass is 35.5. The zero-order chi connectivity index (χ0) is 18.7. The van der Waals surface area contributed by atoms with Gasteiger partial charge in [-0.25, -0.2) is 9.78 Å². The van der Waals surface area contributed by atoms with E-state index < -0.39 is 5.97 Å². The topological polar surface area (TPSA) is 74.7 Å². The molecule has 7 heteroatoms. The summed E-state index contributed by atoms with van der Waals surface area (Å²) in [7, 11) is 0. The van der Waals surface area contributed by atoms with Gasteiger partial charge in [0.2, 0.25) is 0 Å². The first kappa shape index (κ1) is 18.5. The largest absolute Gasteiger partial charge is 0.478 e. The zero-order valence-corrected chi connectivity index (χ0v) is 15.6. The highest BCUT2D eigenvalue weighted by molar-refractivity contribution is 6.31. The number of aromatic nitrogens is 1. The van der Waals surface area contributed by atoms with E-state index in [1.54, 1.807) is 31.2 Å². The number of aryl methyl sites for hydroxylation is 1. The van der Waals surface area contributed by atoms with Gasteiger partial charge in [-0.15, -0.1) is 0 Å². The Morgan fingerprint density at radius 2 is 2.23 bits per heavy atom. The van der Waals surface area contributed by atoms with E-state index in [9.17, 15) is 4.79 Å². The highest BCUT2D eigenvalue weighted by Gasteiger charge is 2.23. The van der Waals surface area contributed by atoms with Crippen LogP contribution in [0.4, 0.5) is 17.3 Å². The Balaban J connectivity index is 1.86. The quantitative estimate of drug-likeness (QED) is 0.819. The van der Waals surface area contributed by atoms with Crippen molar-refractivity contribution in [3.8, 4) is 0 Å². The lowest BCUT2D eigenvalue weighted by Gasteiger charge is -2.36. The molecule has 0 bridgehead atoms. The predicted octanol–water partition coefficient (Wildman–Crippen LogP) is 4.10. The van der Waals surface area contributed by atoms with Gasteiger partial charge in [0.1, 0.15) is 11.6 Å². The van der Waals surface area contributed by atoms with E-state index in [4.69, 9.17) is 26.4 Å². The maximum Gasteiger partial charge on any atom is 0.335 e. The van der Waals surface area contributed by atoms with Crippen LogP contribution in [0, 0.1) is 6.92 Å². The Bertz CT molecular complexity index is 813. The standard InChI is InChI=1S/C19H22ClN3O3/c1-3-15-11-26-7-6-23(15)18-10-13(20)9-17(22-18)21-14-4-5-16(19(24)25)12(2)8-14/h4-5,8-10,15H,3,6-7,11H2,1-2H3,(H,21,22)(H,24,25)/t15-/m1/s1. The van der Waals surface area contributed by atoms with E-state index in [-0.39, 0.29) is 11.6 Å². The molecular weight excluding hydrogens is 354 g/mol. The van der Waals surface area contributed by atoms with Crippen LogP contribution >= 0.6 is 11.6 Å². The molecule has 1 aliphatic heterocycles. The number of nitrogens with one attached hydrogen (secondary N) is 1. The number of rotatable bonds is 5. The van der Waals surface area contributed by atoms with Crippen molar-refractivity contribution in [2.75, 3.05) is 30.0 Å². The predicted molar refractivity (Wildman–Crippen MR) is 103 cm³/mol. The molecule has 26 heavy (non-hydrogen) atoms. The smallest absolute Gasteiger partial charge is 0.335 e. The number of carbonyl (C=O) groups is 1. The molecule has 0 saturated carbocycles. The number of halogens is 1. The summed E-state index contributed by atoms with van der Waals surface area (Å²) in [4.78, 5) is 18.1. The zero-order valence-electron chi connectivity index (χ0n) is 14.8. The van der Waals surface area contributed by atoms with E-state index in [1.807, 2.05) is 6.07 Å². The number of anilines is 3. The Labute approximate surface area is 157 Å². The Morgan fingerprint density at radius 1 is 1.42 bits per heavy atom. The fourth-order valence-corrected chi connectivity index (χ4v) is 3.32. The third-order valence-corrected chi connectivity index (χ3v) is 4.72. The van der Waals surface area contributed by atoms with Crippen molar-refractivity contribution in [2.24, 2.45) is 0 Å². The number of carboxylic acids is 1. The molecule has 1 atom stereocenters. The minimum absolute atomic E-state index is 0.277. The Hall–Kier alpha value is -2.31. The van der Waals surface area contributed by atoms with Gasteiger partial charge in [0.15, 0.2) is 0 Å². The van der Waals surface area contributed by atoms with Gasteiger partial charge in [0.05, 0.1) is 24.8 Å². The van der Waals surface area contributed by atoms with Crippen LogP contribution in [0.3, 0.4) is 0 Å². The van der Waals surface area contributed by atoms with Gasteiger partial charge < -0.3 is 20.1 Å². The van der Waals surface area contributed by atoms with Crippen molar-refractivity contribution in [1.29, 1.82) is 0 Å². The molecule has 138 valence electrons. The van der Waals surface area contributed by atoms with E-state index in [0.29, 0.717) is 29.6 Å². The van der Waals surface area contributed by atoms with Gasteiger partial charge in [0, 0.05) is 17.3 Å². The molecule has 1 fully saturated rings. The molecule has 0 unspecified atom stereocenters. The summed E-state index contributed by atoms with van der Waals surface area (Å²) in [6.45, 7) is 6.03. The molecule has 2 heterocycles. The number of ether oxygens (including phenoxy) is 1. The first-order valence-electron chi connectivity index (χ1n) is 8.61. The molecule has 0 aliphatic carbocycles. The lowest BCUT2D eigenvalue weighted by atomic mass is 10.1. The van der Waals surface area contributed by atoms with Crippen LogP contribution in [0.1, 0.15) is 29.3 Å². The second kappa shape index (κ2) is 7.93. The van der Waals surface area contributed by atoms with Crippen molar-refractivity contribution in [2.45, 2.75) is 26.3 Å². The number of aromatic carboxylic acids is 1. The summed E-state index contributed by atoms with van der Waals surface area (Å²) in [6.07, 6.45) is 0.965. The average molecular weight is 376 g/mol. The number of hydrogen-bond donors (Lipinski definition) is 2. The van der Waals surface area contributed by atoms with E-state index >= 15 is 0 Å². The minimum atomic E-state index is -0.935. The Morgan fingerprint density at radius 3 is 2.92 bits per heavy atom. The van der Waals surface area contributed by atoms with Gasteiger partial charge in [-0.3, -0.25) is 0 Å². The SMILES string of the molecule is CC[C@@H]1COCCN1c1cc(Cl)cc(Nc2ccc(C(=O)O)c(C)c2)n1. The maximum absolute atomic E-state index is 11.1. The van der Waals surface area contributed by atoms with Crippen molar-refractivity contribution < 1.29 is 14.6 Å². The minimum Gasteiger partial charge on any atom is -0.478 e. The molecule has 0 amide bonds. The summed E-state index contributed by atoms with van der Waals surface area (Å²) >= 11 is 6.31. The molecule has 2 N–H and O–H groups in total. The summed E-state index contributed by atoms with van der Waals surface area (Å²) in [5.74, 6) is 0.500. The number of pyridine rings is 1. The van der Waals surface area contributed by atoms with Crippen molar-refractivity contribution >= 4 is 34.9 Å². The summed E-state index contributed by atoms with van der Waals surface area (Å²) in [5, 5.41) is 13.0. The molecule has 6 nitrogen and oxygen atoms in total. The fourth-order valence-electron chi connectivity index (χ4n) is 3.12. The highest BCUT2D eigenvalue weighted by Crippen LogP contribution is 2.27. The number of nitrogens with zero attached hydrogens (tertiary/aromatic N) is 2. The molecule has 0 radical (unpaired) electrons. The second-order valence-corrected chi connectivity index (χ2v) is 6.76. The van der Waals surface area contributed by atoms with Crippen molar-refractivity contribution in [1.82, 2.24) is 4.98 Å². The lowest BCUT2D eigenvalue weighted by Crippen LogP contribution is -2.45. The first-order valence-corrected chi connectivity index (χ1v) is 8.98. The number of carboxylic acid groups (broad SMARTS) is 1. The lowest BCUT2D eigenvalue weighted by molar-refractivity contribution is 0.0696. The van der Waals surface area contributed by atoms with Crippen LogP contribution in [-0.4, -0.2) is 41.9 Å². The monoisotopic (exact) mass is 375 g/mol. The second-order valence-electron chi connectivity index (χ2n) is 6.32. The van der Waals surface area contributed by atoms with Crippen molar-refractivity contribution in [3.63, 3.8) is 0 Å². The van der Waals surface area contributed by atoms with E-state index in [0.717, 1.165) is 24.5 Å². The van der Waals surface area contributed by atoms with E-state index in [2.05, 4.69) is 17.1 Å². The molecule has 1 aromatic carbocycles. The molecule has 1 aliphatic rings. The fraction of sp³-hybridized carbons (Fsp3) is 0.368. The summed E-state index contributed by atoms with van der Waals surface area (Å²) in [5.41, 5.74) is 1.74. The molecule has 3 rings (SSSR count). The third kappa shape index (κ3) is 4.08. The van der Waals surface area contributed by atoms with Gasteiger partial charge in [0.25, 0.3) is 0 Å². The first-order chi connectivity index (χ1) is 12.5. The van der Waals surface area contributed by atoms with Gasteiger partial charge in [-0.2, -0.15) is 0 Å². The molecular formula is C19H22ClN3O3. The summed E-state index contributed by atoms with van der Waals surface area (Å²) in [6, 6.07) is 8.99.